The molecule has 1 spiro atoms. The molecule has 0 atom stereocenters. The zero-order valence-corrected chi connectivity index (χ0v) is 16.3. The lowest BCUT2D eigenvalue weighted by atomic mass is 9.98. The summed E-state index contributed by atoms with van der Waals surface area (Å²) in [6, 6.07) is 9.66. The fourth-order valence-corrected chi connectivity index (χ4v) is 4.70. The molecule has 1 aromatic heterocycles. The topological polar surface area (TPSA) is 91.4 Å². The van der Waals surface area contributed by atoms with Crippen molar-refractivity contribution >= 4 is 34.3 Å². The van der Waals surface area contributed by atoms with Crippen molar-refractivity contribution < 1.29 is 14.4 Å². The Morgan fingerprint density at radius 2 is 1.96 bits per heavy atom. The molecule has 4 amide bonds. The lowest BCUT2D eigenvalue weighted by Gasteiger charge is -2.19. The number of carbonyl (C=O) groups is 3. The number of hydrogen-bond acceptors (Lipinski definition) is 5. The van der Waals surface area contributed by atoms with Crippen molar-refractivity contribution in [3.63, 3.8) is 0 Å². The first kappa shape index (κ1) is 18.6. The van der Waals surface area contributed by atoms with Gasteiger partial charge in [-0.25, -0.2) is 9.78 Å². The molecule has 1 saturated heterocycles. The summed E-state index contributed by atoms with van der Waals surface area (Å²) in [4.78, 5) is 43.5. The lowest BCUT2D eigenvalue weighted by Crippen LogP contribution is -2.44. The quantitative estimate of drug-likeness (QED) is 0.732. The normalized spacial score (nSPS) is 17.9. The van der Waals surface area contributed by atoms with E-state index >= 15 is 0 Å². The number of urea groups is 1. The second-order valence-corrected chi connectivity index (χ2v) is 8.38. The molecule has 2 fully saturated rings. The van der Waals surface area contributed by atoms with Crippen LogP contribution in [0.15, 0.2) is 36.5 Å². The Kier molecular flexibility index (Phi) is 5.13. The standard InChI is InChI=1S/C20H22N4O3S/c25-16(8-11-24-17(26)20(23-19(24)27)9-4-5-10-20)22-18-21-13-15(28-18)12-14-6-2-1-3-7-14/h1-3,6-7,13H,4-5,8-12H2,(H,23,27)(H,21,22,25). The van der Waals surface area contributed by atoms with Crippen LogP contribution < -0.4 is 10.6 Å². The van der Waals surface area contributed by atoms with E-state index in [1.165, 1.54) is 21.8 Å². The number of anilines is 1. The van der Waals surface area contributed by atoms with Gasteiger partial charge < -0.3 is 10.6 Å². The number of nitrogens with one attached hydrogen (secondary N) is 2. The minimum Gasteiger partial charge on any atom is -0.323 e. The second kappa shape index (κ2) is 7.71. The van der Waals surface area contributed by atoms with E-state index in [-0.39, 0.29) is 30.8 Å². The first-order valence-electron chi connectivity index (χ1n) is 9.48. The first-order chi connectivity index (χ1) is 13.6. The Bertz CT molecular complexity index is 890. The largest absolute Gasteiger partial charge is 0.325 e. The van der Waals surface area contributed by atoms with Crippen molar-refractivity contribution in [3.05, 3.63) is 47.0 Å². The minimum atomic E-state index is -0.727. The Morgan fingerprint density at radius 3 is 2.71 bits per heavy atom. The highest BCUT2D eigenvalue weighted by molar-refractivity contribution is 7.15. The van der Waals surface area contributed by atoms with Crippen molar-refractivity contribution in [1.82, 2.24) is 15.2 Å². The number of carbonyl (C=O) groups excluding carboxylic acids is 3. The molecule has 2 aliphatic rings. The number of benzene rings is 1. The van der Waals surface area contributed by atoms with Crippen LogP contribution in [0.4, 0.5) is 9.93 Å². The molecule has 8 heteroatoms. The second-order valence-electron chi connectivity index (χ2n) is 7.27. The van der Waals surface area contributed by atoms with Crippen molar-refractivity contribution in [3.8, 4) is 0 Å². The summed E-state index contributed by atoms with van der Waals surface area (Å²) in [6.45, 7) is 0.0838. The van der Waals surface area contributed by atoms with Gasteiger partial charge in [-0.2, -0.15) is 0 Å². The van der Waals surface area contributed by atoms with Gasteiger partial charge >= 0.3 is 6.03 Å². The van der Waals surface area contributed by atoms with Crippen molar-refractivity contribution in [2.75, 3.05) is 11.9 Å². The minimum absolute atomic E-state index is 0.0584. The highest BCUT2D eigenvalue weighted by Crippen LogP contribution is 2.35. The molecule has 1 saturated carbocycles. The predicted octanol–water partition coefficient (Wildman–Crippen LogP) is 2.93. The van der Waals surface area contributed by atoms with Crippen LogP contribution in [0.3, 0.4) is 0 Å². The lowest BCUT2D eigenvalue weighted by molar-refractivity contribution is -0.131. The number of hydrogen-bond donors (Lipinski definition) is 2. The predicted molar refractivity (Wildman–Crippen MR) is 106 cm³/mol. The van der Waals surface area contributed by atoms with Gasteiger partial charge in [0.2, 0.25) is 5.91 Å². The van der Waals surface area contributed by atoms with Gasteiger partial charge in [0.05, 0.1) is 0 Å². The first-order valence-corrected chi connectivity index (χ1v) is 10.3. The molecule has 146 valence electrons. The molecule has 2 aromatic rings. The molecule has 2 N–H and O–H groups in total. The zero-order valence-electron chi connectivity index (χ0n) is 15.4. The number of amides is 4. The maximum Gasteiger partial charge on any atom is 0.325 e. The van der Waals surface area contributed by atoms with E-state index in [1.54, 1.807) is 6.20 Å². The number of thiazole rings is 1. The summed E-state index contributed by atoms with van der Waals surface area (Å²) in [6.07, 6.45) is 5.83. The van der Waals surface area contributed by atoms with Crippen molar-refractivity contribution in [1.29, 1.82) is 0 Å². The summed E-state index contributed by atoms with van der Waals surface area (Å²) in [5.41, 5.74) is 0.457. The van der Waals surface area contributed by atoms with Gasteiger partial charge in [0.15, 0.2) is 5.13 Å². The van der Waals surface area contributed by atoms with Gasteiger partial charge in [-0.1, -0.05) is 43.2 Å². The van der Waals surface area contributed by atoms with Crippen molar-refractivity contribution in [2.45, 2.75) is 44.1 Å². The van der Waals surface area contributed by atoms with Crippen LogP contribution in [-0.4, -0.2) is 39.8 Å². The van der Waals surface area contributed by atoms with E-state index in [0.29, 0.717) is 18.0 Å². The van der Waals surface area contributed by atoms with E-state index in [0.717, 1.165) is 24.1 Å². The molecule has 28 heavy (non-hydrogen) atoms. The third-order valence-corrected chi connectivity index (χ3v) is 6.20. The number of nitrogens with zero attached hydrogens (tertiary/aromatic N) is 2. The number of aromatic nitrogens is 1. The van der Waals surface area contributed by atoms with Crippen LogP contribution in [0.2, 0.25) is 0 Å². The zero-order chi connectivity index (χ0) is 19.6. The monoisotopic (exact) mass is 398 g/mol. The van der Waals surface area contributed by atoms with Crippen LogP contribution in [0.5, 0.6) is 0 Å². The molecule has 1 aromatic carbocycles. The smallest absolute Gasteiger partial charge is 0.323 e. The molecule has 1 aliphatic carbocycles. The molecule has 2 heterocycles. The Balaban J connectivity index is 1.29. The molecule has 1 aliphatic heterocycles. The van der Waals surface area contributed by atoms with Crippen LogP contribution in [0.25, 0.3) is 0 Å². The average molecular weight is 398 g/mol. The molecule has 0 unspecified atom stereocenters. The van der Waals surface area contributed by atoms with Gasteiger partial charge in [0.25, 0.3) is 5.91 Å². The molecule has 0 bridgehead atoms. The maximum atomic E-state index is 12.6. The Morgan fingerprint density at radius 1 is 1.21 bits per heavy atom. The summed E-state index contributed by atoms with van der Waals surface area (Å²) < 4.78 is 0. The summed E-state index contributed by atoms with van der Waals surface area (Å²) in [5, 5.41) is 6.11. The highest BCUT2D eigenvalue weighted by atomic mass is 32.1. The summed E-state index contributed by atoms with van der Waals surface area (Å²) in [7, 11) is 0. The molecule has 7 nitrogen and oxygen atoms in total. The molecular weight excluding hydrogens is 376 g/mol. The fraction of sp³-hybridized carbons (Fsp3) is 0.400. The molecular formula is C20H22N4O3S. The Hall–Kier alpha value is -2.74. The Labute approximate surface area is 167 Å². The van der Waals surface area contributed by atoms with Gasteiger partial charge in [0, 0.05) is 30.5 Å². The maximum absolute atomic E-state index is 12.6. The van der Waals surface area contributed by atoms with Gasteiger partial charge in [-0.05, 0) is 18.4 Å². The average Bonchev–Trinajstić information content (AvgIpc) is 3.37. The van der Waals surface area contributed by atoms with E-state index in [4.69, 9.17) is 0 Å². The van der Waals surface area contributed by atoms with E-state index in [9.17, 15) is 14.4 Å². The highest BCUT2D eigenvalue weighted by Gasteiger charge is 2.52. The SMILES string of the molecule is O=C(CCN1C(=O)NC2(CCCC2)C1=O)Nc1ncc(Cc2ccccc2)s1. The van der Waals surface area contributed by atoms with Crippen LogP contribution in [0.1, 0.15) is 42.5 Å². The van der Waals surface area contributed by atoms with Crippen LogP contribution >= 0.6 is 11.3 Å². The van der Waals surface area contributed by atoms with Gasteiger partial charge in [-0.15, -0.1) is 11.3 Å². The van der Waals surface area contributed by atoms with E-state index in [2.05, 4.69) is 15.6 Å². The molecule has 4 rings (SSSR count). The van der Waals surface area contributed by atoms with Gasteiger partial charge in [0.1, 0.15) is 5.54 Å². The van der Waals surface area contributed by atoms with E-state index in [1.807, 2.05) is 30.3 Å². The van der Waals surface area contributed by atoms with Crippen LogP contribution in [-0.2, 0) is 16.0 Å². The van der Waals surface area contributed by atoms with Crippen molar-refractivity contribution in [2.24, 2.45) is 0 Å². The molecule has 0 radical (unpaired) electrons. The fourth-order valence-electron chi connectivity index (χ4n) is 3.84. The van der Waals surface area contributed by atoms with Crippen LogP contribution in [0, 0.1) is 0 Å². The number of imide groups is 1. The summed E-state index contributed by atoms with van der Waals surface area (Å²) in [5.74, 6) is -0.448. The van der Waals surface area contributed by atoms with E-state index < -0.39 is 5.54 Å². The van der Waals surface area contributed by atoms with Gasteiger partial charge in [-0.3, -0.25) is 14.5 Å². The third kappa shape index (κ3) is 3.77. The third-order valence-electron chi connectivity index (χ3n) is 5.29. The number of rotatable bonds is 6. The summed E-state index contributed by atoms with van der Waals surface area (Å²) >= 11 is 1.43.